The van der Waals surface area contributed by atoms with Gasteiger partial charge in [0.05, 0.1) is 16.8 Å². The van der Waals surface area contributed by atoms with E-state index in [1.807, 2.05) is 0 Å². The normalized spacial score (nSPS) is 14.8. The second-order valence-corrected chi connectivity index (χ2v) is 7.76. The SMILES string of the molecule is Cc1cccc([C@@H](C)n2nc3c(c2Cl)CCN(c2cccc(Cl)c2F)C3=O)c1F. The first-order valence-electron chi connectivity index (χ1n) is 9.09. The number of rotatable bonds is 3. The summed E-state index contributed by atoms with van der Waals surface area (Å²) in [6.45, 7) is 3.69. The van der Waals surface area contributed by atoms with Crippen molar-refractivity contribution in [1.82, 2.24) is 9.78 Å². The fraction of sp³-hybridized carbons (Fsp3) is 0.238. The molecule has 0 spiro atoms. The van der Waals surface area contributed by atoms with Gasteiger partial charge in [-0.2, -0.15) is 5.10 Å². The molecule has 8 heteroatoms. The number of nitrogens with zero attached hydrogens (tertiary/aromatic N) is 3. The Morgan fingerprint density at radius 3 is 2.59 bits per heavy atom. The van der Waals surface area contributed by atoms with Crippen LogP contribution in [0.15, 0.2) is 36.4 Å². The van der Waals surface area contributed by atoms with Crippen LogP contribution >= 0.6 is 23.2 Å². The van der Waals surface area contributed by atoms with Crippen LogP contribution < -0.4 is 4.90 Å². The van der Waals surface area contributed by atoms with E-state index in [0.717, 1.165) is 0 Å². The zero-order valence-electron chi connectivity index (χ0n) is 15.7. The average molecular weight is 436 g/mol. The predicted molar refractivity (Wildman–Crippen MR) is 109 cm³/mol. The minimum absolute atomic E-state index is 0.0618. The second kappa shape index (κ2) is 7.43. The monoisotopic (exact) mass is 435 g/mol. The van der Waals surface area contributed by atoms with E-state index in [1.54, 1.807) is 38.1 Å². The van der Waals surface area contributed by atoms with Gasteiger partial charge < -0.3 is 4.90 Å². The van der Waals surface area contributed by atoms with Crippen LogP contribution in [0.5, 0.6) is 0 Å². The molecule has 0 radical (unpaired) electrons. The molecule has 1 amide bonds. The second-order valence-electron chi connectivity index (χ2n) is 7.00. The topological polar surface area (TPSA) is 38.1 Å². The molecule has 0 aliphatic carbocycles. The van der Waals surface area contributed by atoms with Gasteiger partial charge in [-0.15, -0.1) is 0 Å². The van der Waals surface area contributed by atoms with Crippen LogP contribution in [0.1, 0.15) is 40.1 Å². The highest BCUT2D eigenvalue weighted by Gasteiger charge is 2.34. The molecule has 3 aromatic rings. The van der Waals surface area contributed by atoms with E-state index < -0.39 is 17.8 Å². The highest BCUT2D eigenvalue weighted by molar-refractivity contribution is 6.32. The summed E-state index contributed by atoms with van der Waals surface area (Å²) in [7, 11) is 0. The Morgan fingerprint density at radius 2 is 1.83 bits per heavy atom. The molecule has 0 bridgehead atoms. The Kier molecular flexibility index (Phi) is 5.09. The first-order chi connectivity index (χ1) is 13.8. The zero-order chi connectivity index (χ0) is 20.9. The van der Waals surface area contributed by atoms with Gasteiger partial charge in [-0.25, -0.2) is 13.5 Å². The lowest BCUT2D eigenvalue weighted by atomic mass is 10.0. The summed E-state index contributed by atoms with van der Waals surface area (Å²) in [6.07, 6.45) is 0.398. The van der Waals surface area contributed by atoms with Crippen molar-refractivity contribution in [2.75, 3.05) is 11.4 Å². The van der Waals surface area contributed by atoms with Gasteiger partial charge >= 0.3 is 0 Å². The molecule has 150 valence electrons. The molecule has 2 aromatic carbocycles. The predicted octanol–water partition coefficient (Wildman–Crippen LogP) is 5.59. The van der Waals surface area contributed by atoms with Crippen LogP contribution in [0.4, 0.5) is 14.5 Å². The lowest BCUT2D eigenvalue weighted by molar-refractivity contribution is 0.0974. The highest BCUT2D eigenvalue weighted by atomic mass is 35.5. The number of halogens is 4. The molecule has 1 aliphatic rings. The maximum Gasteiger partial charge on any atom is 0.279 e. The van der Waals surface area contributed by atoms with Crippen LogP contribution in [-0.2, 0) is 6.42 Å². The Bertz CT molecular complexity index is 1130. The molecule has 0 N–H and O–H groups in total. The molecule has 4 nitrogen and oxygen atoms in total. The van der Waals surface area contributed by atoms with Crippen molar-refractivity contribution in [3.8, 4) is 0 Å². The first kappa shape index (κ1) is 19.9. The van der Waals surface area contributed by atoms with Crippen molar-refractivity contribution in [3.05, 3.63) is 80.6 Å². The molecular formula is C21H17Cl2F2N3O. The Morgan fingerprint density at radius 1 is 1.10 bits per heavy atom. The number of hydrogen-bond acceptors (Lipinski definition) is 2. The van der Waals surface area contributed by atoms with E-state index >= 15 is 0 Å². The zero-order valence-corrected chi connectivity index (χ0v) is 17.2. The van der Waals surface area contributed by atoms with Crippen molar-refractivity contribution >= 4 is 34.8 Å². The average Bonchev–Trinajstić information content (AvgIpc) is 3.04. The number of amides is 1. The molecule has 0 saturated carbocycles. The highest BCUT2D eigenvalue weighted by Crippen LogP contribution is 2.34. The smallest absolute Gasteiger partial charge is 0.279 e. The van der Waals surface area contributed by atoms with E-state index in [1.165, 1.54) is 21.7 Å². The molecule has 2 heterocycles. The third-order valence-corrected chi connectivity index (χ3v) is 5.93. The number of hydrogen-bond donors (Lipinski definition) is 0. The number of aromatic nitrogens is 2. The summed E-state index contributed by atoms with van der Waals surface area (Å²) in [5, 5.41) is 4.60. The number of fused-ring (bicyclic) bond motifs is 1. The lowest BCUT2D eigenvalue weighted by Crippen LogP contribution is -2.38. The summed E-state index contributed by atoms with van der Waals surface area (Å²) in [4.78, 5) is 14.3. The number of carbonyl (C=O) groups is 1. The van der Waals surface area contributed by atoms with Gasteiger partial charge in [0.1, 0.15) is 11.0 Å². The Hall–Kier alpha value is -2.44. The number of anilines is 1. The van der Waals surface area contributed by atoms with Crippen LogP contribution in [-0.4, -0.2) is 22.2 Å². The summed E-state index contributed by atoms with van der Waals surface area (Å²) < 4.78 is 30.5. The number of carbonyl (C=O) groups excluding carboxylic acids is 1. The van der Waals surface area contributed by atoms with Crippen molar-refractivity contribution in [2.24, 2.45) is 0 Å². The molecular weight excluding hydrogens is 419 g/mol. The van der Waals surface area contributed by atoms with E-state index in [-0.39, 0.29) is 33.9 Å². The van der Waals surface area contributed by atoms with Crippen molar-refractivity contribution in [3.63, 3.8) is 0 Å². The number of benzene rings is 2. The summed E-state index contributed by atoms with van der Waals surface area (Å²) in [5.41, 5.74) is 1.76. The first-order valence-corrected chi connectivity index (χ1v) is 9.84. The maximum absolute atomic E-state index is 14.6. The van der Waals surface area contributed by atoms with Gasteiger partial charge in [-0.3, -0.25) is 4.79 Å². The van der Waals surface area contributed by atoms with E-state index in [2.05, 4.69) is 5.10 Å². The summed E-state index contributed by atoms with van der Waals surface area (Å²) >= 11 is 12.4. The Labute approximate surface area is 176 Å². The largest absolute Gasteiger partial charge is 0.304 e. The van der Waals surface area contributed by atoms with Crippen molar-refractivity contribution in [2.45, 2.75) is 26.3 Å². The van der Waals surface area contributed by atoms with Crippen molar-refractivity contribution in [1.29, 1.82) is 0 Å². The molecule has 1 aliphatic heterocycles. The van der Waals surface area contributed by atoms with Crippen LogP contribution in [0.25, 0.3) is 0 Å². The molecule has 0 saturated heterocycles. The quantitative estimate of drug-likeness (QED) is 0.537. The van der Waals surface area contributed by atoms with Crippen LogP contribution in [0, 0.1) is 18.6 Å². The third kappa shape index (κ3) is 3.20. The van der Waals surface area contributed by atoms with Gasteiger partial charge in [-0.1, -0.05) is 47.5 Å². The lowest BCUT2D eigenvalue weighted by Gasteiger charge is -2.26. The van der Waals surface area contributed by atoms with Gasteiger partial charge in [0.25, 0.3) is 5.91 Å². The van der Waals surface area contributed by atoms with E-state index in [9.17, 15) is 13.6 Å². The standard InChI is InChI=1S/C21H17Cl2F2N3O/c1-11-5-3-6-13(17(11)24)12(2)28-20(23)14-9-10-27(21(29)19(14)26-28)16-8-4-7-15(22)18(16)25/h3-8,12H,9-10H2,1-2H3/t12-/m1/s1. The molecule has 4 rings (SSSR count). The van der Waals surface area contributed by atoms with Gasteiger partial charge in [0, 0.05) is 17.7 Å². The third-order valence-electron chi connectivity index (χ3n) is 5.24. The Balaban J connectivity index is 1.74. The minimum Gasteiger partial charge on any atom is -0.304 e. The molecule has 0 unspecified atom stereocenters. The van der Waals surface area contributed by atoms with E-state index in [4.69, 9.17) is 23.2 Å². The molecule has 1 atom stereocenters. The van der Waals surface area contributed by atoms with Gasteiger partial charge in [0.2, 0.25) is 0 Å². The fourth-order valence-corrected chi connectivity index (χ4v) is 4.14. The molecule has 0 fully saturated rings. The maximum atomic E-state index is 14.6. The summed E-state index contributed by atoms with van der Waals surface area (Å²) in [5.74, 6) is -1.46. The summed E-state index contributed by atoms with van der Waals surface area (Å²) in [6, 6.07) is 9.09. The van der Waals surface area contributed by atoms with Gasteiger partial charge in [-0.05, 0) is 38.0 Å². The van der Waals surface area contributed by atoms with Crippen molar-refractivity contribution < 1.29 is 13.6 Å². The van der Waals surface area contributed by atoms with Crippen LogP contribution in [0.3, 0.4) is 0 Å². The molecule has 1 aromatic heterocycles. The minimum atomic E-state index is -0.660. The fourth-order valence-electron chi connectivity index (χ4n) is 3.61. The van der Waals surface area contributed by atoms with E-state index in [0.29, 0.717) is 23.1 Å². The molecule has 29 heavy (non-hydrogen) atoms. The van der Waals surface area contributed by atoms with Crippen LogP contribution in [0.2, 0.25) is 10.2 Å². The van der Waals surface area contributed by atoms with Gasteiger partial charge in [0.15, 0.2) is 11.5 Å². The number of aryl methyl sites for hydroxylation is 1.